The van der Waals surface area contributed by atoms with E-state index in [9.17, 15) is 14.7 Å². The molecule has 8 heteroatoms. The first-order chi connectivity index (χ1) is 15.0. The Balaban J connectivity index is 1.97. The third kappa shape index (κ3) is 3.56. The summed E-state index contributed by atoms with van der Waals surface area (Å²) in [5, 5.41) is 12.5. The minimum atomic E-state index is -1.12. The number of benzene rings is 2. The number of hydrogen-bond donors (Lipinski definition) is 2. The van der Waals surface area contributed by atoms with Crippen LogP contribution in [0.2, 0.25) is 0 Å². The Morgan fingerprint density at radius 1 is 1.06 bits per heavy atom. The highest BCUT2D eigenvalue weighted by Gasteiger charge is 2.35. The normalized spacial score (nSPS) is 15.1. The van der Waals surface area contributed by atoms with Crippen LogP contribution in [0.5, 0.6) is 17.2 Å². The standard InChI is InChI=1S/C23H22N2O6/c1-29-14-6-4-5-13(9-14)25-12-18(23(27)28)21-22(25)17(11-20(26)24-21)16-8-7-15(30-2)10-19(16)31-3/h4-10,12,17H,11H2,1-3H3,(H,24,26)(H,27,28). The maximum atomic E-state index is 12.6. The van der Waals surface area contributed by atoms with Crippen molar-refractivity contribution < 1.29 is 28.9 Å². The second kappa shape index (κ2) is 8.06. The predicted molar refractivity (Wildman–Crippen MR) is 114 cm³/mol. The SMILES string of the molecule is COc1cccc(-n2cc(C(=O)O)c3c2C(c2ccc(OC)cc2OC)CC(=O)N3)c1. The minimum absolute atomic E-state index is 0.0170. The number of fused-ring (bicyclic) bond motifs is 1. The molecule has 2 aromatic carbocycles. The molecule has 1 unspecified atom stereocenters. The molecule has 1 atom stereocenters. The molecule has 3 aromatic rings. The van der Waals surface area contributed by atoms with E-state index in [0.717, 1.165) is 11.3 Å². The summed E-state index contributed by atoms with van der Waals surface area (Å²) in [6, 6.07) is 12.7. The van der Waals surface area contributed by atoms with Crippen molar-refractivity contribution in [3.8, 4) is 22.9 Å². The molecular weight excluding hydrogens is 400 g/mol. The van der Waals surface area contributed by atoms with Gasteiger partial charge in [0.25, 0.3) is 0 Å². The Morgan fingerprint density at radius 2 is 1.81 bits per heavy atom. The van der Waals surface area contributed by atoms with Crippen LogP contribution in [-0.2, 0) is 4.79 Å². The zero-order valence-electron chi connectivity index (χ0n) is 17.3. The number of carbonyl (C=O) groups excluding carboxylic acids is 1. The van der Waals surface area contributed by atoms with E-state index >= 15 is 0 Å². The fourth-order valence-electron chi connectivity index (χ4n) is 3.97. The van der Waals surface area contributed by atoms with Crippen molar-refractivity contribution in [2.24, 2.45) is 0 Å². The number of aromatic nitrogens is 1. The molecular formula is C23H22N2O6. The van der Waals surface area contributed by atoms with Crippen molar-refractivity contribution in [1.29, 1.82) is 0 Å². The lowest BCUT2D eigenvalue weighted by Gasteiger charge is -2.27. The summed E-state index contributed by atoms with van der Waals surface area (Å²) in [4.78, 5) is 24.5. The molecule has 0 radical (unpaired) electrons. The summed E-state index contributed by atoms with van der Waals surface area (Å²) < 4.78 is 18.0. The number of ether oxygens (including phenoxy) is 3. The number of carboxylic acids is 1. The van der Waals surface area contributed by atoms with Crippen molar-refractivity contribution in [1.82, 2.24) is 4.57 Å². The van der Waals surface area contributed by atoms with Crippen molar-refractivity contribution >= 4 is 17.6 Å². The molecule has 0 saturated carbocycles. The molecule has 4 rings (SSSR count). The van der Waals surface area contributed by atoms with E-state index in [2.05, 4.69) is 5.32 Å². The van der Waals surface area contributed by atoms with Crippen molar-refractivity contribution in [2.45, 2.75) is 12.3 Å². The molecule has 2 heterocycles. The quantitative estimate of drug-likeness (QED) is 0.629. The first kappa shape index (κ1) is 20.3. The van der Waals surface area contributed by atoms with Gasteiger partial charge >= 0.3 is 5.97 Å². The Labute approximate surface area is 179 Å². The number of carbonyl (C=O) groups is 2. The number of nitrogens with zero attached hydrogens (tertiary/aromatic N) is 1. The van der Waals surface area contributed by atoms with Gasteiger partial charge in [-0.25, -0.2) is 4.79 Å². The molecule has 1 aliphatic rings. The Kier molecular flexibility index (Phi) is 5.29. The van der Waals surface area contributed by atoms with E-state index in [4.69, 9.17) is 14.2 Å². The zero-order valence-corrected chi connectivity index (χ0v) is 17.3. The van der Waals surface area contributed by atoms with Gasteiger partial charge in [0, 0.05) is 41.9 Å². The van der Waals surface area contributed by atoms with Crippen molar-refractivity contribution in [3.63, 3.8) is 0 Å². The van der Waals surface area contributed by atoms with Gasteiger partial charge in [-0.2, -0.15) is 0 Å². The fraction of sp³-hybridized carbons (Fsp3) is 0.217. The Hall–Kier alpha value is -3.94. The van der Waals surface area contributed by atoms with Crippen molar-refractivity contribution in [3.05, 3.63) is 65.5 Å². The number of nitrogens with one attached hydrogen (secondary N) is 1. The van der Waals surface area contributed by atoms with Crippen LogP contribution in [-0.4, -0.2) is 42.9 Å². The molecule has 160 valence electrons. The highest BCUT2D eigenvalue weighted by Crippen LogP contribution is 2.45. The molecule has 0 saturated heterocycles. The van der Waals surface area contributed by atoms with Crippen LogP contribution in [0.1, 0.15) is 34.0 Å². The van der Waals surface area contributed by atoms with E-state index in [-0.39, 0.29) is 23.6 Å². The lowest BCUT2D eigenvalue weighted by atomic mass is 9.87. The summed E-state index contributed by atoms with van der Waals surface area (Å²) in [6.07, 6.45) is 1.67. The summed E-state index contributed by atoms with van der Waals surface area (Å²) in [7, 11) is 4.68. The number of hydrogen-bond acceptors (Lipinski definition) is 5. The first-order valence-corrected chi connectivity index (χ1v) is 9.61. The smallest absolute Gasteiger partial charge is 0.339 e. The van der Waals surface area contributed by atoms with E-state index in [1.54, 1.807) is 38.0 Å². The highest BCUT2D eigenvalue weighted by molar-refractivity contribution is 6.04. The molecule has 1 amide bonds. The lowest BCUT2D eigenvalue weighted by Crippen LogP contribution is -2.25. The summed E-state index contributed by atoms with van der Waals surface area (Å²) >= 11 is 0. The van der Waals surface area contributed by atoms with Crippen LogP contribution in [0.3, 0.4) is 0 Å². The van der Waals surface area contributed by atoms with E-state index in [1.807, 2.05) is 30.3 Å². The summed E-state index contributed by atoms with van der Waals surface area (Å²) in [5.41, 5.74) is 2.45. The van der Waals surface area contributed by atoms with Gasteiger partial charge in [0.15, 0.2) is 0 Å². The minimum Gasteiger partial charge on any atom is -0.497 e. The molecule has 8 nitrogen and oxygen atoms in total. The third-order valence-electron chi connectivity index (χ3n) is 5.41. The summed E-state index contributed by atoms with van der Waals surface area (Å²) in [5.74, 6) is -0.00304. The van der Waals surface area contributed by atoms with E-state index in [1.165, 1.54) is 6.20 Å². The van der Waals surface area contributed by atoms with E-state index in [0.29, 0.717) is 22.9 Å². The second-order valence-corrected chi connectivity index (χ2v) is 7.09. The lowest BCUT2D eigenvalue weighted by molar-refractivity contribution is -0.116. The zero-order chi connectivity index (χ0) is 22.1. The number of methoxy groups -OCH3 is 3. The molecule has 31 heavy (non-hydrogen) atoms. The molecule has 0 fully saturated rings. The highest BCUT2D eigenvalue weighted by atomic mass is 16.5. The molecule has 1 aromatic heterocycles. The van der Waals surface area contributed by atoms with Crippen LogP contribution in [0.15, 0.2) is 48.7 Å². The number of amides is 1. The number of anilines is 1. The van der Waals surface area contributed by atoms with Gasteiger partial charge in [0.05, 0.1) is 32.7 Å². The van der Waals surface area contributed by atoms with E-state index < -0.39 is 11.9 Å². The van der Waals surface area contributed by atoms with Gasteiger partial charge in [0.2, 0.25) is 5.91 Å². The Morgan fingerprint density at radius 3 is 2.48 bits per heavy atom. The number of rotatable bonds is 6. The summed E-state index contributed by atoms with van der Waals surface area (Å²) in [6.45, 7) is 0. The van der Waals surface area contributed by atoms with Gasteiger partial charge in [-0.05, 0) is 18.2 Å². The molecule has 2 N–H and O–H groups in total. The number of aromatic carboxylic acids is 1. The molecule has 1 aliphatic heterocycles. The molecule has 0 spiro atoms. The van der Waals surface area contributed by atoms with Gasteiger partial charge in [-0.15, -0.1) is 0 Å². The average molecular weight is 422 g/mol. The number of carboxylic acid groups (broad SMARTS) is 1. The monoisotopic (exact) mass is 422 g/mol. The molecule has 0 bridgehead atoms. The maximum Gasteiger partial charge on any atom is 0.339 e. The first-order valence-electron chi connectivity index (χ1n) is 9.61. The van der Waals surface area contributed by atoms with Crippen LogP contribution in [0.4, 0.5) is 5.69 Å². The maximum absolute atomic E-state index is 12.6. The van der Waals surface area contributed by atoms with Crippen LogP contribution >= 0.6 is 0 Å². The van der Waals surface area contributed by atoms with Gasteiger partial charge in [-0.3, -0.25) is 4.79 Å². The Bertz CT molecular complexity index is 1170. The second-order valence-electron chi connectivity index (χ2n) is 7.09. The van der Waals surface area contributed by atoms with Crippen LogP contribution in [0, 0.1) is 0 Å². The fourth-order valence-corrected chi connectivity index (χ4v) is 3.97. The molecule has 0 aliphatic carbocycles. The predicted octanol–water partition coefficient (Wildman–Crippen LogP) is 3.68. The van der Waals surface area contributed by atoms with Crippen molar-refractivity contribution in [2.75, 3.05) is 26.6 Å². The van der Waals surface area contributed by atoms with Gasteiger partial charge in [0.1, 0.15) is 22.8 Å². The van der Waals surface area contributed by atoms with Gasteiger partial charge in [-0.1, -0.05) is 12.1 Å². The largest absolute Gasteiger partial charge is 0.497 e. The average Bonchev–Trinajstić information content (AvgIpc) is 3.17. The topological polar surface area (TPSA) is 99.0 Å². The van der Waals surface area contributed by atoms with Crippen LogP contribution < -0.4 is 19.5 Å². The van der Waals surface area contributed by atoms with Gasteiger partial charge < -0.3 is 29.2 Å². The van der Waals surface area contributed by atoms with Crippen LogP contribution in [0.25, 0.3) is 5.69 Å². The third-order valence-corrected chi connectivity index (χ3v) is 5.41.